The Hall–Kier alpha value is -0.640. The van der Waals surface area contributed by atoms with E-state index in [1.165, 1.54) is 19.8 Å². The number of hydrogen-bond donors (Lipinski definition) is 1. The van der Waals surface area contributed by atoms with E-state index in [2.05, 4.69) is 78.4 Å². The maximum atomic E-state index is 3.63. The van der Waals surface area contributed by atoms with Crippen LogP contribution in [0.1, 0.15) is 41.8 Å². The maximum Gasteiger partial charge on any atom is 0.0731 e. The molecule has 0 aliphatic carbocycles. The minimum atomic E-state index is 0.377. The minimum absolute atomic E-state index is 0.377. The van der Waals surface area contributed by atoms with Crippen molar-refractivity contribution < 1.29 is 0 Å². The van der Waals surface area contributed by atoms with Crippen LogP contribution in [0.3, 0.4) is 0 Å². The zero-order chi connectivity index (χ0) is 13.8. The molecule has 0 fully saturated rings. The van der Waals surface area contributed by atoms with E-state index in [-0.39, 0.29) is 0 Å². The molecular weight excluding hydrogens is 318 g/mol. The number of thiophene rings is 1. The fraction of sp³-hybridized carbons (Fsp3) is 0.375. The molecule has 1 nitrogen and oxygen atoms in total. The normalized spacial score (nSPS) is 14.3. The van der Waals surface area contributed by atoms with Crippen molar-refractivity contribution in [3.8, 4) is 0 Å². The van der Waals surface area contributed by atoms with Crippen LogP contribution in [0.4, 0.5) is 0 Å². The van der Waals surface area contributed by atoms with Crippen LogP contribution in [0.5, 0.6) is 0 Å². The maximum absolute atomic E-state index is 3.63. The summed E-state index contributed by atoms with van der Waals surface area (Å²) in [5, 5.41) is 3.63. The molecule has 2 rings (SSSR count). The first-order chi connectivity index (χ1) is 9.13. The van der Waals surface area contributed by atoms with Gasteiger partial charge in [0, 0.05) is 16.8 Å². The predicted molar refractivity (Wildman–Crippen MR) is 88.0 cm³/mol. The highest BCUT2D eigenvalue weighted by molar-refractivity contribution is 9.11. The highest BCUT2D eigenvalue weighted by Crippen LogP contribution is 2.37. The summed E-state index contributed by atoms with van der Waals surface area (Å²) in [6.45, 7) is 7.60. The van der Waals surface area contributed by atoms with Gasteiger partial charge in [0.2, 0.25) is 0 Å². The molecule has 0 aliphatic heterocycles. The Bertz CT molecular complexity index is 501. The quantitative estimate of drug-likeness (QED) is 0.783. The third kappa shape index (κ3) is 3.47. The van der Waals surface area contributed by atoms with E-state index in [4.69, 9.17) is 0 Å². The standard InChI is InChI=1S/C16H20BrNS/c1-4-18-15(14-10-11(2)16(17)19-14)12(3)13-8-6-5-7-9-13/h5-10,12,15,18H,4H2,1-3H3. The van der Waals surface area contributed by atoms with Crippen molar-refractivity contribution in [3.05, 3.63) is 56.2 Å². The van der Waals surface area contributed by atoms with E-state index in [0.717, 1.165) is 6.54 Å². The van der Waals surface area contributed by atoms with Gasteiger partial charge in [-0.3, -0.25) is 0 Å². The summed E-state index contributed by atoms with van der Waals surface area (Å²) in [6, 6.07) is 13.4. The molecule has 0 saturated carbocycles. The highest BCUT2D eigenvalue weighted by atomic mass is 79.9. The van der Waals surface area contributed by atoms with Crippen LogP contribution in [-0.4, -0.2) is 6.54 Å². The van der Waals surface area contributed by atoms with Crippen molar-refractivity contribution in [2.75, 3.05) is 6.54 Å². The molecule has 0 radical (unpaired) electrons. The summed E-state index contributed by atoms with van der Waals surface area (Å²) in [5.41, 5.74) is 2.71. The minimum Gasteiger partial charge on any atom is -0.309 e. The van der Waals surface area contributed by atoms with Crippen LogP contribution in [0.15, 0.2) is 40.2 Å². The topological polar surface area (TPSA) is 12.0 Å². The molecule has 1 heterocycles. The molecule has 0 saturated heterocycles. The molecule has 0 bridgehead atoms. The fourth-order valence-corrected chi connectivity index (χ4v) is 4.08. The van der Waals surface area contributed by atoms with Crippen molar-refractivity contribution in [2.45, 2.75) is 32.7 Å². The Kier molecular flexibility index (Phi) is 5.20. The summed E-state index contributed by atoms with van der Waals surface area (Å²) >= 11 is 5.47. The van der Waals surface area contributed by atoms with Crippen LogP contribution in [-0.2, 0) is 0 Å². The molecule has 1 aromatic heterocycles. The van der Waals surface area contributed by atoms with E-state index in [1.807, 2.05) is 11.3 Å². The molecule has 1 N–H and O–H groups in total. The largest absolute Gasteiger partial charge is 0.309 e. The van der Waals surface area contributed by atoms with Gasteiger partial charge in [0.05, 0.1) is 3.79 Å². The lowest BCUT2D eigenvalue weighted by Gasteiger charge is -2.24. The van der Waals surface area contributed by atoms with Gasteiger partial charge in [-0.15, -0.1) is 11.3 Å². The Labute approximate surface area is 128 Å². The Morgan fingerprint density at radius 1 is 1.26 bits per heavy atom. The molecule has 2 aromatic rings. The highest BCUT2D eigenvalue weighted by Gasteiger charge is 2.22. The lowest BCUT2D eigenvalue weighted by Crippen LogP contribution is -2.25. The molecule has 19 heavy (non-hydrogen) atoms. The lowest BCUT2D eigenvalue weighted by atomic mass is 9.92. The molecule has 3 heteroatoms. The first kappa shape index (κ1) is 14.8. The second kappa shape index (κ2) is 6.69. The Morgan fingerprint density at radius 2 is 1.95 bits per heavy atom. The number of rotatable bonds is 5. The molecule has 2 unspecified atom stereocenters. The third-order valence-electron chi connectivity index (χ3n) is 3.43. The zero-order valence-corrected chi connectivity index (χ0v) is 14.0. The van der Waals surface area contributed by atoms with Crippen molar-refractivity contribution >= 4 is 27.3 Å². The van der Waals surface area contributed by atoms with E-state index in [1.54, 1.807) is 0 Å². The first-order valence-corrected chi connectivity index (χ1v) is 8.28. The SMILES string of the molecule is CCNC(c1cc(C)c(Br)s1)C(C)c1ccccc1. The van der Waals surface area contributed by atoms with Gasteiger partial charge < -0.3 is 5.32 Å². The van der Waals surface area contributed by atoms with Crippen LogP contribution >= 0.6 is 27.3 Å². The summed E-state index contributed by atoms with van der Waals surface area (Å²) in [7, 11) is 0. The molecule has 0 amide bonds. The number of benzene rings is 1. The smallest absolute Gasteiger partial charge is 0.0731 e. The molecule has 0 aliphatic rings. The summed E-state index contributed by atoms with van der Waals surface area (Å²) in [4.78, 5) is 1.41. The van der Waals surface area contributed by atoms with Gasteiger partial charge in [-0.2, -0.15) is 0 Å². The van der Waals surface area contributed by atoms with E-state index in [0.29, 0.717) is 12.0 Å². The molecular formula is C16H20BrNS. The number of hydrogen-bond acceptors (Lipinski definition) is 2. The third-order valence-corrected chi connectivity index (χ3v) is 5.65. The van der Waals surface area contributed by atoms with Crippen molar-refractivity contribution in [1.29, 1.82) is 0 Å². The van der Waals surface area contributed by atoms with Crippen molar-refractivity contribution in [1.82, 2.24) is 5.32 Å². The van der Waals surface area contributed by atoms with Gasteiger partial charge in [-0.1, -0.05) is 44.2 Å². The molecule has 1 aromatic carbocycles. The first-order valence-electron chi connectivity index (χ1n) is 6.67. The second-order valence-corrected chi connectivity index (χ2v) is 7.24. The zero-order valence-electron chi connectivity index (χ0n) is 11.6. The van der Waals surface area contributed by atoms with Gasteiger partial charge in [0.1, 0.15) is 0 Å². The van der Waals surface area contributed by atoms with Gasteiger partial charge >= 0.3 is 0 Å². The average Bonchev–Trinajstić information content (AvgIpc) is 2.76. The monoisotopic (exact) mass is 337 g/mol. The number of halogens is 1. The lowest BCUT2D eigenvalue weighted by molar-refractivity contribution is 0.486. The van der Waals surface area contributed by atoms with Crippen LogP contribution < -0.4 is 5.32 Å². The molecule has 2 atom stereocenters. The summed E-state index contributed by atoms with van der Waals surface area (Å²) in [5.74, 6) is 0.464. The molecule has 102 valence electrons. The van der Waals surface area contributed by atoms with Gasteiger partial charge in [-0.05, 0) is 46.6 Å². The summed E-state index contributed by atoms with van der Waals surface area (Å²) < 4.78 is 1.24. The second-order valence-electron chi connectivity index (χ2n) is 4.84. The Balaban J connectivity index is 2.29. The van der Waals surface area contributed by atoms with Crippen molar-refractivity contribution in [2.24, 2.45) is 0 Å². The van der Waals surface area contributed by atoms with E-state index >= 15 is 0 Å². The van der Waals surface area contributed by atoms with Crippen LogP contribution in [0, 0.1) is 6.92 Å². The Morgan fingerprint density at radius 3 is 2.47 bits per heavy atom. The van der Waals surface area contributed by atoms with E-state index in [9.17, 15) is 0 Å². The molecule has 0 spiro atoms. The van der Waals surface area contributed by atoms with E-state index < -0.39 is 0 Å². The van der Waals surface area contributed by atoms with Crippen LogP contribution in [0.2, 0.25) is 0 Å². The number of aryl methyl sites for hydroxylation is 1. The van der Waals surface area contributed by atoms with Gasteiger partial charge in [0.15, 0.2) is 0 Å². The van der Waals surface area contributed by atoms with Crippen molar-refractivity contribution in [3.63, 3.8) is 0 Å². The summed E-state index contributed by atoms with van der Waals surface area (Å²) in [6.07, 6.45) is 0. The fourth-order valence-electron chi connectivity index (χ4n) is 2.33. The predicted octanol–water partition coefficient (Wildman–Crippen LogP) is 5.27. The number of likely N-dealkylation sites (N-methyl/N-ethyl adjacent to an activating group) is 1. The van der Waals surface area contributed by atoms with Gasteiger partial charge in [-0.25, -0.2) is 0 Å². The number of nitrogens with one attached hydrogen (secondary N) is 1. The van der Waals surface area contributed by atoms with Crippen LogP contribution in [0.25, 0.3) is 0 Å². The van der Waals surface area contributed by atoms with Gasteiger partial charge in [0.25, 0.3) is 0 Å². The average molecular weight is 338 g/mol.